The average Bonchev–Trinajstić information content (AvgIpc) is 3.44. The first-order valence-electron chi connectivity index (χ1n) is 13.7. The molecular formula is C32H31F3N4O5. The third-order valence-corrected chi connectivity index (χ3v) is 6.94. The molecule has 0 saturated heterocycles. The molecule has 0 spiro atoms. The molecule has 0 N–H and O–H groups in total. The Morgan fingerprint density at radius 1 is 0.886 bits per heavy atom. The SMILES string of the molecule is COCCN(CC(=O)N(Cc1ccccc1)Cc1cccn1Cc1cccc(C(F)(F)F)c1)C(=O)c1cccc([N+](=O)[O-])c1. The number of benzene rings is 3. The Labute approximate surface area is 252 Å². The van der Waals surface area contributed by atoms with Crippen molar-refractivity contribution < 1.29 is 32.4 Å². The van der Waals surface area contributed by atoms with E-state index in [9.17, 15) is 32.9 Å². The Bertz CT molecular complexity index is 1590. The maximum absolute atomic E-state index is 13.8. The smallest absolute Gasteiger partial charge is 0.383 e. The van der Waals surface area contributed by atoms with Crippen LogP contribution in [-0.4, -0.2) is 57.9 Å². The lowest BCUT2D eigenvalue weighted by Gasteiger charge is -2.28. The highest BCUT2D eigenvalue weighted by atomic mass is 19.4. The highest BCUT2D eigenvalue weighted by Gasteiger charge is 2.30. The number of nitro groups is 1. The van der Waals surface area contributed by atoms with Crippen LogP contribution in [-0.2, 0) is 35.3 Å². The monoisotopic (exact) mass is 608 g/mol. The van der Waals surface area contributed by atoms with Gasteiger partial charge in [-0.05, 0) is 41.5 Å². The van der Waals surface area contributed by atoms with Crippen molar-refractivity contribution in [1.82, 2.24) is 14.4 Å². The predicted molar refractivity (Wildman–Crippen MR) is 157 cm³/mol. The van der Waals surface area contributed by atoms with Crippen LogP contribution in [0.5, 0.6) is 0 Å². The number of nitro benzene ring substituents is 1. The first-order chi connectivity index (χ1) is 21.0. The predicted octanol–water partition coefficient (Wildman–Crippen LogP) is 5.78. The number of amides is 2. The Balaban J connectivity index is 1.59. The zero-order valence-electron chi connectivity index (χ0n) is 23.9. The molecule has 12 heteroatoms. The van der Waals surface area contributed by atoms with Gasteiger partial charge in [-0.1, -0.05) is 48.5 Å². The third kappa shape index (κ3) is 8.54. The maximum Gasteiger partial charge on any atom is 0.416 e. The van der Waals surface area contributed by atoms with E-state index in [0.717, 1.165) is 23.8 Å². The number of methoxy groups -OCH3 is 1. The number of halogens is 3. The van der Waals surface area contributed by atoms with Gasteiger partial charge in [-0.15, -0.1) is 0 Å². The minimum absolute atomic E-state index is 0.0627. The summed E-state index contributed by atoms with van der Waals surface area (Å²) in [5, 5.41) is 11.3. The molecule has 1 aromatic heterocycles. The Hall–Kier alpha value is -4.97. The maximum atomic E-state index is 13.8. The summed E-state index contributed by atoms with van der Waals surface area (Å²) in [7, 11) is 1.46. The van der Waals surface area contributed by atoms with Crippen LogP contribution in [0.4, 0.5) is 18.9 Å². The average molecular weight is 609 g/mol. The molecule has 44 heavy (non-hydrogen) atoms. The number of carbonyl (C=O) groups is 2. The Kier molecular flexibility index (Phi) is 10.5. The van der Waals surface area contributed by atoms with E-state index in [1.807, 2.05) is 30.3 Å². The summed E-state index contributed by atoms with van der Waals surface area (Å²) in [4.78, 5) is 40.7. The summed E-state index contributed by atoms with van der Waals surface area (Å²) < 4.78 is 46.8. The highest BCUT2D eigenvalue weighted by molar-refractivity contribution is 5.97. The van der Waals surface area contributed by atoms with Crippen molar-refractivity contribution >= 4 is 17.5 Å². The molecule has 0 aliphatic heterocycles. The Morgan fingerprint density at radius 2 is 1.61 bits per heavy atom. The molecule has 0 unspecified atom stereocenters. The molecule has 0 aliphatic carbocycles. The van der Waals surface area contributed by atoms with Crippen molar-refractivity contribution in [2.45, 2.75) is 25.8 Å². The van der Waals surface area contributed by atoms with Gasteiger partial charge in [-0.2, -0.15) is 13.2 Å². The van der Waals surface area contributed by atoms with Gasteiger partial charge in [-0.3, -0.25) is 19.7 Å². The van der Waals surface area contributed by atoms with Gasteiger partial charge < -0.3 is 19.1 Å². The van der Waals surface area contributed by atoms with E-state index < -0.39 is 28.5 Å². The first-order valence-corrected chi connectivity index (χ1v) is 13.7. The molecule has 9 nitrogen and oxygen atoms in total. The summed E-state index contributed by atoms with van der Waals surface area (Å²) in [6.07, 6.45) is -2.73. The van der Waals surface area contributed by atoms with Crippen molar-refractivity contribution in [3.05, 3.63) is 135 Å². The fraction of sp³-hybridized carbons (Fsp3) is 0.250. The molecule has 1 heterocycles. The fourth-order valence-corrected chi connectivity index (χ4v) is 4.67. The quantitative estimate of drug-likeness (QED) is 0.142. The molecule has 3 aromatic carbocycles. The minimum Gasteiger partial charge on any atom is -0.383 e. The Morgan fingerprint density at radius 3 is 2.32 bits per heavy atom. The van der Waals surface area contributed by atoms with Gasteiger partial charge in [0.05, 0.1) is 23.6 Å². The third-order valence-electron chi connectivity index (χ3n) is 6.94. The first kappa shape index (κ1) is 32.0. The van der Waals surface area contributed by atoms with Crippen LogP contribution in [0.25, 0.3) is 0 Å². The summed E-state index contributed by atoms with van der Waals surface area (Å²) >= 11 is 0. The molecular weight excluding hydrogens is 577 g/mol. The number of hydrogen-bond acceptors (Lipinski definition) is 5. The number of non-ortho nitro benzene ring substituents is 1. The minimum atomic E-state index is -4.47. The molecule has 0 atom stereocenters. The van der Waals surface area contributed by atoms with Crippen LogP contribution < -0.4 is 0 Å². The number of nitrogens with zero attached hydrogens (tertiary/aromatic N) is 4. The van der Waals surface area contributed by atoms with Gasteiger partial charge in [0.1, 0.15) is 6.54 Å². The van der Waals surface area contributed by atoms with Gasteiger partial charge in [0, 0.05) is 56.3 Å². The van der Waals surface area contributed by atoms with Crippen molar-refractivity contribution in [3.8, 4) is 0 Å². The van der Waals surface area contributed by atoms with Crippen molar-refractivity contribution in [2.75, 3.05) is 26.8 Å². The zero-order chi connectivity index (χ0) is 31.7. The summed E-state index contributed by atoms with van der Waals surface area (Å²) in [5.74, 6) is -0.956. The van der Waals surface area contributed by atoms with Crippen molar-refractivity contribution in [1.29, 1.82) is 0 Å². The molecule has 0 saturated carbocycles. The second-order valence-electron chi connectivity index (χ2n) is 10.1. The number of ether oxygens (including phenoxy) is 1. The molecule has 0 radical (unpaired) electrons. The van der Waals surface area contributed by atoms with Gasteiger partial charge in [0.25, 0.3) is 11.6 Å². The zero-order valence-corrected chi connectivity index (χ0v) is 23.9. The van der Waals surface area contributed by atoms with E-state index in [-0.39, 0.29) is 50.6 Å². The summed E-state index contributed by atoms with van der Waals surface area (Å²) in [5.41, 5.74) is 1.04. The summed E-state index contributed by atoms with van der Waals surface area (Å²) in [6.45, 7) is 0.346. The number of alkyl halides is 3. The molecule has 0 aliphatic rings. The lowest BCUT2D eigenvalue weighted by atomic mass is 10.1. The lowest BCUT2D eigenvalue weighted by Crippen LogP contribution is -2.44. The normalized spacial score (nSPS) is 11.3. The highest BCUT2D eigenvalue weighted by Crippen LogP contribution is 2.30. The molecule has 230 valence electrons. The second kappa shape index (κ2) is 14.5. The second-order valence-corrected chi connectivity index (χ2v) is 10.1. The van der Waals surface area contributed by atoms with Crippen LogP contribution in [0.3, 0.4) is 0 Å². The molecule has 0 bridgehead atoms. The van der Waals surface area contributed by atoms with Gasteiger partial charge in [0.2, 0.25) is 5.91 Å². The van der Waals surface area contributed by atoms with E-state index in [4.69, 9.17) is 4.74 Å². The van der Waals surface area contributed by atoms with Crippen LogP contribution in [0.1, 0.15) is 32.7 Å². The van der Waals surface area contributed by atoms with E-state index in [1.54, 1.807) is 33.9 Å². The van der Waals surface area contributed by atoms with Crippen LogP contribution in [0.15, 0.2) is 97.2 Å². The number of carbonyl (C=O) groups excluding carboxylic acids is 2. The van der Waals surface area contributed by atoms with Gasteiger partial charge in [0.15, 0.2) is 0 Å². The van der Waals surface area contributed by atoms with Gasteiger partial charge >= 0.3 is 6.18 Å². The fourth-order valence-electron chi connectivity index (χ4n) is 4.67. The van der Waals surface area contributed by atoms with Crippen LogP contribution in [0.2, 0.25) is 0 Å². The van der Waals surface area contributed by atoms with Crippen molar-refractivity contribution in [3.63, 3.8) is 0 Å². The van der Waals surface area contributed by atoms with Crippen LogP contribution >= 0.6 is 0 Å². The standard InChI is InChI=1S/C32H31F3N4O5/c1-44-17-16-37(31(41)26-11-6-13-28(19-26)39(42)43)23-30(40)38(20-24-8-3-2-4-9-24)22-29-14-7-15-36(29)21-25-10-5-12-27(18-25)32(33,34)35/h2-15,18-19H,16-17,20-23H2,1H3. The number of hydrogen-bond donors (Lipinski definition) is 0. The summed E-state index contributed by atoms with van der Waals surface area (Å²) in [6, 6.07) is 23.2. The van der Waals surface area contributed by atoms with Crippen LogP contribution in [0, 0.1) is 10.1 Å². The lowest BCUT2D eigenvalue weighted by molar-refractivity contribution is -0.384. The van der Waals surface area contributed by atoms with Gasteiger partial charge in [-0.25, -0.2) is 0 Å². The van der Waals surface area contributed by atoms with Crippen molar-refractivity contribution in [2.24, 2.45) is 0 Å². The molecule has 4 rings (SSSR count). The van der Waals surface area contributed by atoms with E-state index in [0.29, 0.717) is 11.3 Å². The molecule has 4 aromatic rings. The van der Waals surface area contributed by atoms with E-state index in [2.05, 4.69) is 0 Å². The number of aromatic nitrogens is 1. The van der Waals surface area contributed by atoms with E-state index >= 15 is 0 Å². The largest absolute Gasteiger partial charge is 0.416 e. The van der Waals surface area contributed by atoms with E-state index in [1.165, 1.54) is 36.3 Å². The molecule has 0 fully saturated rings. The molecule has 2 amide bonds. The topological polar surface area (TPSA) is 97.9 Å². The number of rotatable bonds is 13.